The van der Waals surface area contributed by atoms with Crippen molar-refractivity contribution in [2.75, 3.05) is 11.1 Å². The van der Waals surface area contributed by atoms with Crippen LogP contribution in [0.25, 0.3) is 0 Å². The van der Waals surface area contributed by atoms with E-state index in [2.05, 4.69) is 15.3 Å². The van der Waals surface area contributed by atoms with Gasteiger partial charge in [0.15, 0.2) is 0 Å². The number of hydrogen-bond donors (Lipinski definition) is 2. The quantitative estimate of drug-likeness (QED) is 0.884. The third-order valence-electron chi connectivity index (χ3n) is 1.97. The first-order chi connectivity index (χ1) is 7.65. The SMILES string of the molecule is Cc1nc(CNc2ncc(N)cc2Cl)cs1. The van der Waals surface area contributed by atoms with E-state index in [0.717, 1.165) is 10.7 Å². The first-order valence-electron chi connectivity index (χ1n) is 4.71. The number of aryl methyl sites for hydroxylation is 1. The third-order valence-corrected chi connectivity index (χ3v) is 3.08. The lowest BCUT2D eigenvalue weighted by Gasteiger charge is -2.05. The lowest BCUT2D eigenvalue weighted by molar-refractivity contribution is 1.04. The van der Waals surface area contributed by atoms with Crippen LogP contribution in [0.1, 0.15) is 10.7 Å². The minimum atomic E-state index is 0.520. The van der Waals surface area contributed by atoms with Gasteiger partial charge >= 0.3 is 0 Å². The van der Waals surface area contributed by atoms with E-state index in [4.69, 9.17) is 17.3 Å². The number of hydrogen-bond acceptors (Lipinski definition) is 5. The van der Waals surface area contributed by atoms with Gasteiger partial charge in [-0.1, -0.05) is 11.6 Å². The molecule has 0 saturated heterocycles. The second-order valence-electron chi connectivity index (χ2n) is 3.31. The Hall–Kier alpha value is -1.33. The van der Waals surface area contributed by atoms with E-state index in [9.17, 15) is 0 Å². The molecular formula is C10H11ClN4S. The summed E-state index contributed by atoms with van der Waals surface area (Å²) in [6.07, 6.45) is 1.57. The number of rotatable bonds is 3. The van der Waals surface area contributed by atoms with Gasteiger partial charge in [-0.15, -0.1) is 11.3 Å². The summed E-state index contributed by atoms with van der Waals surface area (Å²) >= 11 is 7.60. The standard InChI is InChI=1S/C10H11ClN4S/c1-6-15-8(5-16-6)4-14-10-9(11)2-7(12)3-13-10/h2-3,5H,4,12H2,1H3,(H,13,14). The summed E-state index contributed by atoms with van der Waals surface area (Å²) in [4.78, 5) is 8.44. The molecule has 0 spiro atoms. The molecule has 0 unspecified atom stereocenters. The van der Waals surface area contributed by atoms with Crippen molar-refractivity contribution in [1.29, 1.82) is 0 Å². The van der Waals surface area contributed by atoms with E-state index < -0.39 is 0 Å². The average Bonchev–Trinajstić information content (AvgIpc) is 2.63. The Morgan fingerprint density at radius 2 is 2.38 bits per heavy atom. The number of nitrogen functional groups attached to an aromatic ring is 1. The second-order valence-corrected chi connectivity index (χ2v) is 4.78. The van der Waals surface area contributed by atoms with Crippen LogP contribution in [0.15, 0.2) is 17.6 Å². The predicted molar refractivity (Wildman–Crippen MR) is 67.8 cm³/mol. The molecule has 84 valence electrons. The van der Waals surface area contributed by atoms with Gasteiger partial charge < -0.3 is 11.1 Å². The molecule has 0 fully saturated rings. The molecule has 2 aromatic rings. The maximum absolute atomic E-state index is 5.98. The molecule has 0 saturated carbocycles. The number of thiazole rings is 1. The van der Waals surface area contributed by atoms with Gasteiger partial charge in [0.2, 0.25) is 0 Å². The number of anilines is 2. The Bertz CT molecular complexity index is 497. The van der Waals surface area contributed by atoms with Crippen molar-refractivity contribution in [3.8, 4) is 0 Å². The molecule has 2 aromatic heterocycles. The molecule has 2 heterocycles. The summed E-state index contributed by atoms with van der Waals surface area (Å²) in [6, 6.07) is 1.67. The summed E-state index contributed by atoms with van der Waals surface area (Å²) < 4.78 is 0. The van der Waals surface area contributed by atoms with Crippen molar-refractivity contribution in [3.63, 3.8) is 0 Å². The van der Waals surface area contributed by atoms with Crippen LogP contribution in [-0.2, 0) is 6.54 Å². The van der Waals surface area contributed by atoms with Gasteiger partial charge in [-0.05, 0) is 13.0 Å². The Labute approximate surface area is 102 Å². The van der Waals surface area contributed by atoms with Crippen LogP contribution in [0.2, 0.25) is 5.02 Å². The zero-order valence-electron chi connectivity index (χ0n) is 8.70. The van der Waals surface area contributed by atoms with E-state index in [1.54, 1.807) is 23.6 Å². The largest absolute Gasteiger partial charge is 0.397 e. The highest BCUT2D eigenvalue weighted by atomic mass is 35.5. The topological polar surface area (TPSA) is 63.8 Å². The minimum Gasteiger partial charge on any atom is -0.397 e. The highest BCUT2D eigenvalue weighted by Gasteiger charge is 2.03. The van der Waals surface area contributed by atoms with E-state index in [-0.39, 0.29) is 0 Å². The van der Waals surface area contributed by atoms with Gasteiger partial charge in [-0.2, -0.15) is 0 Å². The van der Waals surface area contributed by atoms with Crippen molar-refractivity contribution < 1.29 is 0 Å². The van der Waals surface area contributed by atoms with E-state index >= 15 is 0 Å². The Morgan fingerprint density at radius 1 is 1.56 bits per heavy atom. The minimum absolute atomic E-state index is 0.520. The van der Waals surface area contributed by atoms with Crippen molar-refractivity contribution in [2.45, 2.75) is 13.5 Å². The van der Waals surface area contributed by atoms with Gasteiger partial charge in [0.05, 0.1) is 34.2 Å². The summed E-state index contributed by atoms with van der Waals surface area (Å²) in [5.74, 6) is 0.626. The smallest absolute Gasteiger partial charge is 0.145 e. The summed E-state index contributed by atoms with van der Waals surface area (Å²) in [5.41, 5.74) is 7.09. The number of nitrogens with two attached hydrogens (primary N) is 1. The van der Waals surface area contributed by atoms with Crippen LogP contribution in [0.4, 0.5) is 11.5 Å². The molecule has 3 N–H and O–H groups in total. The first-order valence-corrected chi connectivity index (χ1v) is 5.97. The summed E-state index contributed by atoms with van der Waals surface area (Å²) in [7, 11) is 0. The van der Waals surface area contributed by atoms with E-state index in [0.29, 0.717) is 23.1 Å². The molecule has 16 heavy (non-hydrogen) atoms. The summed E-state index contributed by atoms with van der Waals surface area (Å²) in [5, 5.41) is 6.69. The van der Waals surface area contributed by atoms with E-state index in [1.165, 1.54) is 0 Å². The molecule has 0 aliphatic rings. The Balaban J connectivity index is 2.04. The number of halogens is 1. The van der Waals surface area contributed by atoms with Crippen LogP contribution in [0.5, 0.6) is 0 Å². The molecule has 0 bridgehead atoms. The lowest BCUT2D eigenvalue weighted by Crippen LogP contribution is -2.02. The maximum Gasteiger partial charge on any atom is 0.145 e. The van der Waals surface area contributed by atoms with Crippen molar-refractivity contribution in [3.05, 3.63) is 33.4 Å². The maximum atomic E-state index is 5.98. The predicted octanol–water partition coefficient (Wildman–Crippen LogP) is 2.69. The number of nitrogens with zero attached hydrogens (tertiary/aromatic N) is 2. The fraction of sp³-hybridized carbons (Fsp3) is 0.200. The third kappa shape index (κ3) is 2.62. The second kappa shape index (κ2) is 4.67. The Morgan fingerprint density at radius 3 is 3.00 bits per heavy atom. The highest BCUT2D eigenvalue weighted by Crippen LogP contribution is 2.21. The zero-order valence-corrected chi connectivity index (χ0v) is 10.3. The van der Waals surface area contributed by atoms with Crippen molar-refractivity contribution >= 4 is 34.4 Å². The first kappa shape index (κ1) is 11.2. The summed E-state index contributed by atoms with van der Waals surface area (Å²) in [6.45, 7) is 2.59. The van der Waals surface area contributed by atoms with Crippen LogP contribution < -0.4 is 11.1 Å². The van der Waals surface area contributed by atoms with Crippen LogP contribution >= 0.6 is 22.9 Å². The van der Waals surface area contributed by atoms with Crippen LogP contribution in [-0.4, -0.2) is 9.97 Å². The van der Waals surface area contributed by atoms with Crippen LogP contribution in [0, 0.1) is 6.92 Å². The molecule has 6 heteroatoms. The molecule has 0 radical (unpaired) electrons. The highest BCUT2D eigenvalue weighted by molar-refractivity contribution is 7.09. The number of nitrogens with one attached hydrogen (secondary N) is 1. The normalized spacial score (nSPS) is 10.4. The van der Waals surface area contributed by atoms with Crippen molar-refractivity contribution in [1.82, 2.24) is 9.97 Å². The molecule has 0 aliphatic carbocycles. The van der Waals surface area contributed by atoms with E-state index in [1.807, 2.05) is 12.3 Å². The molecule has 0 atom stereocenters. The van der Waals surface area contributed by atoms with Gasteiger partial charge in [-0.3, -0.25) is 0 Å². The fourth-order valence-corrected chi connectivity index (χ4v) is 2.10. The van der Waals surface area contributed by atoms with Gasteiger partial charge in [0.25, 0.3) is 0 Å². The van der Waals surface area contributed by atoms with Crippen LogP contribution in [0.3, 0.4) is 0 Å². The fourth-order valence-electron chi connectivity index (χ4n) is 1.25. The van der Waals surface area contributed by atoms with Gasteiger partial charge in [-0.25, -0.2) is 9.97 Å². The molecule has 2 rings (SSSR count). The monoisotopic (exact) mass is 254 g/mol. The average molecular weight is 255 g/mol. The number of aromatic nitrogens is 2. The number of pyridine rings is 1. The zero-order chi connectivity index (χ0) is 11.5. The Kier molecular flexibility index (Phi) is 3.26. The molecule has 4 nitrogen and oxygen atoms in total. The molecule has 0 aromatic carbocycles. The molecular weight excluding hydrogens is 244 g/mol. The van der Waals surface area contributed by atoms with Gasteiger partial charge in [0, 0.05) is 5.38 Å². The van der Waals surface area contributed by atoms with Crippen molar-refractivity contribution in [2.24, 2.45) is 0 Å². The van der Waals surface area contributed by atoms with Gasteiger partial charge in [0.1, 0.15) is 5.82 Å². The molecule has 0 amide bonds. The lowest BCUT2D eigenvalue weighted by atomic mass is 10.4. The molecule has 0 aliphatic heterocycles.